The number of aromatic nitrogens is 5. The minimum Gasteiger partial charge on any atom is -0.481 e. The second kappa shape index (κ2) is 7.46. The number of ether oxygens (including phenoxy) is 3. The van der Waals surface area contributed by atoms with E-state index in [9.17, 15) is 17.4 Å². The first-order valence-electron chi connectivity index (χ1n) is 7.43. The fraction of sp³-hybridized carbons (Fsp3) is 0.286. The van der Waals surface area contributed by atoms with Crippen molar-refractivity contribution in [2.24, 2.45) is 0 Å². The van der Waals surface area contributed by atoms with Gasteiger partial charge in [-0.15, -0.1) is 5.10 Å². The molecule has 0 amide bonds. The highest BCUT2D eigenvalue weighted by atomic mass is 32.2. The third-order valence-electron chi connectivity index (χ3n) is 3.41. The van der Waals surface area contributed by atoms with Gasteiger partial charge in [-0.2, -0.15) is 27.7 Å². The smallest absolute Gasteiger partial charge is 0.417 e. The minimum atomic E-state index is -4.77. The number of anilines is 1. The predicted octanol–water partition coefficient (Wildman–Crippen LogP) is 1.70. The zero-order chi connectivity index (χ0) is 20.5. The Balaban J connectivity index is 2.02. The van der Waals surface area contributed by atoms with E-state index >= 15 is 0 Å². The first-order valence-corrected chi connectivity index (χ1v) is 8.58. The van der Waals surface area contributed by atoms with Crippen LogP contribution in [-0.2, 0) is 17.2 Å². The van der Waals surface area contributed by atoms with Crippen molar-refractivity contribution in [2.75, 3.05) is 26.1 Å². The summed E-state index contributed by atoms with van der Waals surface area (Å²) in [5, 5.41) is 3.99. The van der Waals surface area contributed by atoms with Gasteiger partial charge in [-0.1, -0.05) is 0 Å². The lowest BCUT2D eigenvalue weighted by Crippen LogP contribution is -2.16. The van der Waals surface area contributed by atoms with Crippen molar-refractivity contribution in [1.29, 1.82) is 0 Å². The average molecular weight is 418 g/mol. The molecular formula is C14H13F3N6O4S. The monoisotopic (exact) mass is 418 g/mol. The average Bonchev–Trinajstić information content (AvgIpc) is 3.07. The molecule has 0 spiro atoms. The van der Waals surface area contributed by atoms with E-state index in [1.165, 1.54) is 20.3 Å². The Hall–Kier alpha value is -3.16. The van der Waals surface area contributed by atoms with Crippen LogP contribution in [0.5, 0.6) is 17.6 Å². The van der Waals surface area contributed by atoms with Gasteiger partial charge in [0.1, 0.15) is 4.90 Å². The summed E-state index contributed by atoms with van der Waals surface area (Å²) in [7, 11) is 1.43. The largest absolute Gasteiger partial charge is 0.481 e. The van der Waals surface area contributed by atoms with Gasteiger partial charge in [0.05, 0.1) is 33.0 Å². The molecule has 0 aliphatic heterocycles. The molecule has 10 nitrogen and oxygen atoms in total. The minimum absolute atomic E-state index is 0.0184. The fourth-order valence-corrected chi connectivity index (χ4v) is 3.26. The molecule has 1 unspecified atom stereocenters. The van der Waals surface area contributed by atoms with Crippen LogP contribution in [0.2, 0.25) is 0 Å². The maximum absolute atomic E-state index is 13.3. The lowest BCUT2D eigenvalue weighted by molar-refractivity contribution is -0.140. The second-order valence-corrected chi connectivity index (χ2v) is 6.20. The molecule has 0 fully saturated rings. The van der Waals surface area contributed by atoms with E-state index in [2.05, 4.69) is 24.8 Å². The number of fused-ring (bicyclic) bond motifs is 1. The van der Waals surface area contributed by atoms with E-state index in [4.69, 9.17) is 14.2 Å². The number of nitrogens with zero attached hydrogens (tertiary/aromatic N) is 5. The quantitative estimate of drug-likeness (QED) is 0.644. The summed E-state index contributed by atoms with van der Waals surface area (Å²) in [5.41, 5.74) is -1.16. The molecule has 3 heterocycles. The van der Waals surface area contributed by atoms with Crippen molar-refractivity contribution < 1.29 is 31.6 Å². The highest BCUT2D eigenvalue weighted by molar-refractivity contribution is 7.86. The summed E-state index contributed by atoms with van der Waals surface area (Å²) in [5.74, 6) is -0.302. The number of hydrogen-bond acceptors (Lipinski definition) is 8. The molecule has 150 valence electrons. The topological polar surface area (TPSA) is 113 Å². The predicted molar refractivity (Wildman–Crippen MR) is 89.7 cm³/mol. The molecule has 0 radical (unpaired) electrons. The van der Waals surface area contributed by atoms with Gasteiger partial charge in [-0.05, 0) is 6.07 Å². The van der Waals surface area contributed by atoms with Crippen LogP contribution in [-0.4, -0.2) is 50.1 Å². The maximum atomic E-state index is 13.3. The van der Waals surface area contributed by atoms with E-state index in [0.29, 0.717) is 6.07 Å². The van der Waals surface area contributed by atoms with Crippen LogP contribution in [0.15, 0.2) is 23.2 Å². The Morgan fingerprint density at radius 1 is 1.14 bits per heavy atom. The van der Waals surface area contributed by atoms with Gasteiger partial charge >= 0.3 is 6.18 Å². The second-order valence-electron chi connectivity index (χ2n) is 5.05. The molecule has 3 rings (SSSR count). The molecule has 0 aliphatic rings. The molecule has 0 bridgehead atoms. The Morgan fingerprint density at radius 3 is 2.50 bits per heavy atom. The highest BCUT2D eigenvalue weighted by Gasteiger charge is 2.37. The van der Waals surface area contributed by atoms with Crippen LogP contribution in [0.3, 0.4) is 0 Å². The molecule has 3 aromatic heterocycles. The first-order chi connectivity index (χ1) is 13.3. The van der Waals surface area contributed by atoms with Gasteiger partial charge in [-0.25, -0.2) is 9.19 Å². The maximum Gasteiger partial charge on any atom is 0.417 e. The van der Waals surface area contributed by atoms with E-state index in [-0.39, 0.29) is 23.5 Å². The zero-order valence-electron chi connectivity index (χ0n) is 14.6. The fourth-order valence-electron chi connectivity index (χ4n) is 2.23. The number of hydrogen-bond donors (Lipinski definition) is 1. The lowest BCUT2D eigenvalue weighted by atomic mass is 10.2. The summed E-state index contributed by atoms with van der Waals surface area (Å²) < 4.78 is 70.9. The lowest BCUT2D eigenvalue weighted by Gasteiger charge is -2.14. The first kappa shape index (κ1) is 19.6. The summed E-state index contributed by atoms with van der Waals surface area (Å²) in [6, 6.07) is 2.12. The van der Waals surface area contributed by atoms with Crippen LogP contribution in [0.1, 0.15) is 5.56 Å². The van der Waals surface area contributed by atoms with Crippen molar-refractivity contribution in [3.05, 3.63) is 23.9 Å². The van der Waals surface area contributed by atoms with Crippen molar-refractivity contribution in [2.45, 2.75) is 11.1 Å². The molecule has 1 N–H and O–H groups in total. The van der Waals surface area contributed by atoms with Crippen LogP contribution in [0.4, 0.5) is 19.1 Å². The van der Waals surface area contributed by atoms with E-state index in [0.717, 1.165) is 17.8 Å². The standard InChI is InChI=1S/C14H13F3N6O4S/c1-25-8-6-9(26-2)23-13(19-8)20-12(21-23)22-28(24)10-7(14(15,16)17)4-5-18-11(10)27-3/h4-6H,1-3H3,(H,21,22). The van der Waals surface area contributed by atoms with Crippen LogP contribution < -0.4 is 18.9 Å². The zero-order valence-corrected chi connectivity index (χ0v) is 15.5. The van der Waals surface area contributed by atoms with Crippen molar-refractivity contribution in [1.82, 2.24) is 24.6 Å². The number of rotatable bonds is 6. The molecule has 1 atom stereocenters. The summed E-state index contributed by atoms with van der Waals surface area (Å²) in [4.78, 5) is 11.0. The van der Waals surface area contributed by atoms with Crippen LogP contribution >= 0.6 is 0 Å². The van der Waals surface area contributed by atoms with Gasteiger partial charge in [0, 0.05) is 6.20 Å². The number of pyridine rings is 1. The summed E-state index contributed by atoms with van der Waals surface area (Å²) >= 11 is 0. The van der Waals surface area contributed by atoms with Gasteiger partial charge in [0.2, 0.25) is 17.6 Å². The van der Waals surface area contributed by atoms with Crippen LogP contribution in [0, 0.1) is 0 Å². The molecule has 0 saturated carbocycles. The highest BCUT2D eigenvalue weighted by Crippen LogP contribution is 2.37. The normalized spacial score (nSPS) is 12.6. The number of alkyl halides is 3. The molecule has 0 aliphatic carbocycles. The molecule has 28 heavy (non-hydrogen) atoms. The van der Waals surface area contributed by atoms with E-state index in [1.807, 2.05) is 0 Å². The van der Waals surface area contributed by atoms with Gasteiger partial charge in [0.25, 0.3) is 11.7 Å². The van der Waals surface area contributed by atoms with Crippen molar-refractivity contribution in [3.63, 3.8) is 0 Å². The Bertz CT molecular complexity index is 1040. The van der Waals surface area contributed by atoms with Gasteiger partial charge in [-0.3, -0.25) is 4.72 Å². The Kier molecular flexibility index (Phi) is 5.22. The van der Waals surface area contributed by atoms with Crippen molar-refractivity contribution >= 4 is 22.7 Å². The molecule has 0 aromatic carbocycles. The summed E-state index contributed by atoms with van der Waals surface area (Å²) in [6.07, 6.45) is -3.86. The van der Waals surface area contributed by atoms with Gasteiger partial charge < -0.3 is 14.2 Å². The SMILES string of the molecule is COc1cc(OC)n2nc(NS(=O)c3c(C(F)(F)F)ccnc3OC)nc2n1. The van der Waals surface area contributed by atoms with E-state index < -0.39 is 33.5 Å². The van der Waals surface area contributed by atoms with Crippen molar-refractivity contribution in [3.8, 4) is 17.6 Å². The Labute approximate surface area is 158 Å². The molecular weight excluding hydrogens is 405 g/mol. The molecule has 3 aromatic rings. The summed E-state index contributed by atoms with van der Waals surface area (Å²) in [6.45, 7) is 0. The third-order valence-corrected chi connectivity index (χ3v) is 4.55. The third kappa shape index (κ3) is 3.62. The van der Waals surface area contributed by atoms with Gasteiger partial charge in [0.15, 0.2) is 11.0 Å². The Morgan fingerprint density at radius 2 is 1.89 bits per heavy atom. The van der Waals surface area contributed by atoms with Crippen LogP contribution in [0.25, 0.3) is 5.78 Å². The number of methoxy groups -OCH3 is 3. The molecule has 14 heteroatoms. The number of nitrogens with one attached hydrogen (secondary N) is 1. The van der Waals surface area contributed by atoms with E-state index in [1.54, 1.807) is 0 Å². The molecule has 0 saturated heterocycles. The number of halogens is 3.